The summed E-state index contributed by atoms with van der Waals surface area (Å²) in [5.41, 5.74) is 1.26. The summed E-state index contributed by atoms with van der Waals surface area (Å²) in [6, 6.07) is 2.04. The molecule has 1 rings (SSSR count). The largest absolute Gasteiger partial charge is 0.468 e. The van der Waals surface area contributed by atoms with Gasteiger partial charge in [0.05, 0.1) is 12.8 Å². The standard InChI is InChI=1S/C11H20N2O/c1-4-13(5-2)9-11-10(8-12-3)6-7-14-11/h6-7,12H,4-5,8-9H2,1-3H3. The van der Waals surface area contributed by atoms with Gasteiger partial charge in [0.25, 0.3) is 0 Å². The number of furan rings is 1. The third-order valence-electron chi connectivity index (χ3n) is 2.47. The number of rotatable bonds is 6. The molecule has 0 unspecified atom stereocenters. The van der Waals surface area contributed by atoms with E-state index in [1.165, 1.54) is 5.56 Å². The Morgan fingerprint density at radius 3 is 2.64 bits per heavy atom. The van der Waals surface area contributed by atoms with Gasteiger partial charge >= 0.3 is 0 Å². The van der Waals surface area contributed by atoms with Crippen LogP contribution in [-0.2, 0) is 13.1 Å². The summed E-state index contributed by atoms with van der Waals surface area (Å²) in [7, 11) is 1.95. The van der Waals surface area contributed by atoms with Crippen LogP contribution in [0.2, 0.25) is 0 Å². The summed E-state index contributed by atoms with van der Waals surface area (Å²) in [6.07, 6.45) is 1.77. The third-order valence-corrected chi connectivity index (χ3v) is 2.47. The second-order valence-corrected chi connectivity index (χ2v) is 3.36. The van der Waals surface area contributed by atoms with Crippen molar-refractivity contribution in [2.24, 2.45) is 0 Å². The highest BCUT2D eigenvalue weighted by Crippen LogP contribution is 2.12. The molecule has 0 radical (unpaired) electrons. The van der Waals surface area contributed by atoms with Crippen LogP contribution in [-0.4, -0.2) is 25.0 Å². The average molecular weight is 196 g/mol. The van der Waals surface area contributed by atoms with Crippen molar-refractivity contribution in [1.29, 1.82) is 0 Å². The summed E-state index contributed by atoms with van der Waals surface area (Å²) in [6.45, 7) is 8.27. The van der Waals surface area contributed by atoms with E-state index in [4.69, 9.17) is 4.42 Å². The zero-order valence-corrected chi connectivity index (χ0v) is 9.34. The van der Waals surface area contributed by atoms with Gasteiger partial charge in [-0.15, -0.1) is 0 Å². The molecule has 0 bridgehead atoms. The van der Waals surface area contributed by atoms with Crippen LogP contribution in [0.1, 0.15) is 25.2 Å². The summed E-state index contributed by atoms with van der Waals surface area (Å²) in [4.78, 5) is 2.35. The van der Waals surface area contributed by atoms with Crippen LogP contribution < -0.4 is 5.32 Å². The van der Waals surface area contributed by atoms with Gasteiger partial charge in [-0.05, 0) is 26.2 Å². The molecule has 0 saturated carbocycles. The van der Waals surface area contributed by atoms with Crippen molar-refractivity contribution in [1.82, 2.24) is 10.2 Å². The molecule has 0 aliphatic carbocycles. The van der Waals surface area contributed by atoms with Crippen molar-refractivity contribution in [3.8, 4) is 0 Å². The van der Waals surface area contributed by atoms with Gasteiger partial charge in [-0.3, -0.25) is 4.90 Å². The minimum atomic E-state index is 0.882. The van der Waals surface area contributed by atoms with Gasteiger partial charge in [0.1, 0.15) is 5.76 Å². The highest BCUT2D eigenvalue weighted by molar-refractivity contribution is 5.16. The van der Waals surface area contributed by atoms with Gasteiger partial charge in [0, 0.05) is 12.1 Å². The Kier molecular flexibility index (Phi) is 4.70. The Labute approximate surface area is 86.1 Å². The quantitative estimate of drug-likeness (QED) is 0.752. The molecule has 0 amide bonds. The third kappa shape index (κ3) is 2.86. The molecule has 80 valence electrons. The van der Waals surface area contributed by atoms with Gasteiger partial charge in [0.15, 0.2) is 0 Å². The average Bonchev–Trinajstić information content (AvgIpc) is 2.62. The number of hydrogen-bond donors (Lipinski definition) is 1. The van der Waals surface area contributed by atoms with Crippen molar-refractivity contribution in [3.63, 3.8) is 0 Å². The molecular weight excluding hydrogens is 176 g/mol. The maximum atomic E-state index is 5.47. The lowest BCUT2D eigenvalue weighted by Crippen LogP contribution is -2.22. The van der Waals surface area contributed by atoms with Crippen LogP contribution in [0.3, 0.4) is 0 Å². The van der Waals surface area contributed by atoms with E-state index in [0.29, 0.717) is 0 Å². The SMILES string of the molecule is CCN(CC)Cc1occc1CNC. The fraction of sp³-hybridized carbons (Fsp3) is 0.636. The maximum Gasteiger partial charge on any atom is 0.122 e. The molecule has 14 heavy (non-hydrogen) atoms. The lowest BCUT2D eigenvalue weighted by molar-refractivity contribution is 0.267. The minimum absolute atomic E-state index is 0.882. The van der Waals surface area contributed by atoms with Crippen molar-refractivity contribution in [2.75, 3.05) is 20.1 Å². The topological polar surface area (TPSA) is 28.4 Å². The second kappa shape index (κ2) is 5.83. The molecule has 0 atom stereocenters. The molecule has 1 heterocycles. The van der Waals surface area contributed by atoms with Crippen LogP contribution in [0.25, 0.3) is 0 Å². The molecule has 0 aliphatic rings. The Bertz CT molecular complexity index is 254. The van der Waals surface area contributed by atoms with Gasteiger partial charge < -0.3 is 9.73 Å². The van der Waals surface area contributed by atoms with E-state index in [1.807, 2.05) is 13.1 Å². The Morgan fingerprint density at radius 1 is 1.36 bits per heavy atom. The van der Waals surface area contributed by atoms with Gasteiger partial charge in [0.2, 0.25) is 0 Å². The zero-order valence-electron chi connectivity index (χ0n) is 9.34. The van der Waals surface area contributed by atoms with Crippen LogP contribution in [0.15, 0.2) is 16.7 Å². The summed E-state index contributed by atoms with van der Waals surface area (Å²) < 4.78 is 5.47. The number of nitrogens with zero attached hydrogens (tertiary/aromatic N) is 1. The maximum absolute atomic E-state index is 5.47. The fourth-order valence-electron chi connectivity index (χ4n) is 1.50. The molecule has 0 aromatic carbocycles. The van der Waals surface area contributed by atoms with Crippen molar-refractivity contribution >= 4 is 0 Å². The summed E-state index contributed by atoms with van der Waals surface area (Å²) in [5.74, 6) is 1.09. The Hall–Kier alpha value is -0.800. The molecule has 1 aromatic rings. The van der Waals surface area contributed by atoms with E-state index in [1.54, 1.807) is 6.26 Å². The normalized spacial score (nSPS) is 11.1. The lowest BCUT2D eigenvalue weighted by atomic mass is 10.2. The van der Waals surface area contributed by atoms with Crippen molar-refractivity contribution in [3.05, 3.63) is 23.7 Å². The first-order valence-electron chi connectivity index (χ1n) is 5.24. The number of nitrogens with one attached hydrogen (secondary N) is 1. The predicted molar refractivity (Wildman–Crippen MR) is 58.1 cm³/mol. The van der Waals surface area contributed by atoms with Crippen LogP contribution in [0, 0.1) is 0 Å². The summed E-state index contributed by atoms with van der Waals surface area (Å²) >= 11 is 0. The van der Waals surface area contributed by atoms with Crippen molar-refractivity contribution in [2.45, 2.75) is 26.9 Å². The van der Waals surface area contributed by atoms with E-state index in [9.17, 15) is 0 Å². The Morgan fingerprint density at radius 2 is 2.07 bits per heavy atom. The molecule has 0 fully saturated rings. The molecule has 1 N–H and O–H groups in total. The van der Waals surface area contributed by atoms with E-state index >= 15 is 0 Å². The molecule has 3 nitrogen and oxygen atoms in total. The van der Waals surface area contributed by atoms with E-state index in [2.05, 4.69) is 24.1 Å². The molecule has 3 heteroatoms. The first-order valence-corrected chi connectivity index (χ1v) is 5.24. The van der Waals surface area contributed by atoms with Gasteiger partial charge in [-0.25, -0.2) is 0 Å². The molecule has 1 aromatic heterocycles. The van der Waals surface area contributed by atoms with E-state index in [-0.39, 0.29) is 0 Å². The molecular formula is C11H20N2O. The number of hydrogen-bond acceptors (Lipinski definition) is 3. The first-order chi connectivity index (χ1) is 6.81. The smallest absolute Gasteiger partial charge is 0.122 e. The zero-order chi connectivity index (χ0) is 10.4. The highest BCUT2D eigenvalue weighted by Gasteiger charge is 2.08. The fourth-order valence-corrected chi connectivity index (χ4v) is 1.50. The predicted octanol–water partition coefficient (Wildman–Crippen LogP) is 1.84. The Balaban J connectivity index is 2.60. The van der Waals surface area contributed by atoms with Crippen molar-refractivity contribution < 1.29 is 4.42 Å². The first kappa shape index (κ1) is 11.3. The van der Waals surface area contributed by atoms with Crippen LogP contribution in [0.4, 0.5) is 0 Å². The molecule has 0 spiro atoms. The molecule has 0 saturated heterocycles. The minimum Gasteiger partial charge on any atom is -0.468 e. The van der Waals surface area contributed by atoms with Crippen LogP contribution in [0.5, 0.6) is 0 Å². The molecule has 0 aliphatic heterocycles. The van der Waals surface area contributed by atoms with Crippen LogP contribution >= 0.6 is 0 Å². The second-order valence-electron chi connectivity index (χ2n) is 3.36. The van der Waals surface area contributed by atoms with E-state index < -0.39 is 0 Å². The monoisotopic (exact) mass is 196 g/mol. The highest BCUT2D eigenvalue weighted by atomic mass is 16.3. The lowest BCUT2D eigenvalue weighted by Gasteiger charge is -2.16. The summed E-state index contributed by atoms with van der Waals surface area (Å²) in [5, 5.41) is 3.14. The van der Waals surface area contributed by atoms with E-state index in [0.717, 1.165) is 31.9 Å². The van der Waals surface area contributed by atoms with Gasteiger partial charge in [-0.2, -0.15) is 0 Å². The van der Waals surface area contributed by atoms with Gasteiger partial charge in [-0.1, -0.05) is 13.8 Å².